The van der Waals surface area contributed by atoms with Gasteiger partial charge in [0.2, 0.25) is 0 Å². The second-order valence-corrected chi connectivity index (χ2v) is 5.44. The van der Waals surface area contributed by atoms with Crippen molar-refractivity contribution in [2.75, 3.05) is 7.11 Å². The van der Waals surface area contributed by atoms with Gasteiger partial charge in [0, 0.05) is 31.1 Å². The molecule has 0 aliphatic rings. The Morgan fingerprint density at radius 1 is 1.27 bits per heavy atom. The molecule has 0 fully saturated rings. The van der Waals surface area contributed by atoms with Crippen molar-refractivity contribution < 1.29 is 14.5 Å². The molecule has 132 valence electrons. The Kier molecular flexibility index (Phi) is 4.93. The summed E-state index contributed by atoms with van der Waals surface area (Å²) in [5.74, 6) is -0.163. The van der Waals surface area contributed by atoms with Gasteiger partial charge >= 0.3 is 0 Å². The number of nitro benzene ring substituents is 1. The van der Waals surface area contributed by atoms with Gasteiger partial charge in [-0.25, -0.2) is 4.68 Å². The molecule has 0 aliphatic carbocycles. The predicted octanol–water partition coefficient (Wildman–Crippen LogP) is 2.72. The summed E-state index contributed by atoms with van der Waals surface area (Å²) < 4.78 is 6.85. The summed E-state index contributed by atoms with van der Waals surface area (Å²) in [5.41, 5.74) is 1.75. The van der Waals surface area contributed by atoms with E-state index >= 15 is 0 Å². The van der Waals surface area contributed by atoms with Crippen molar-refractivity contribution >= 4 is 11.6 Å². The molecule has 8 nitrogen and oxygen atoms in total. The average molecular weight is 352 g/mol. The lowest BCUT2D eigenvalue weighted by Gasteiger charge is -2.10. The van der Waals surface area contributed by atoms with E-state index in [0.29, 0.717) is 0 Å². The SMILES string of the molecule is COc1ccc([N+](=O)[O-])cc1C(=O)NCc1ccc(-n2cccn2)cc1. The van der Waals surface area contributed by atoms with Gasteiger partial charge in [0.15, 0.2) is 0 Å². The number of hydrogen-bond acceptors (Lipinski definition) is 5. The summed E-state index contributed by atoms with van der Waals surface area (Å²) >= 11 is 0. The fraction of sp³-hybridized carbons (Fsp3) is 0.111. The van der Waals surface area contributed by atoms with Gasteiger partial charge in [-0.2, -0.15) is 5.10 Å². The zero-order valence-corrected chi connectivity index (χ0v) is 14.0. The number of benzene rings is 2. The first kappa shape index (κ1) is 17.2. The molecule has 0 spiro atoms. The quantitative estimate of drug-likeness (QED) is 0.543. The first-order chi connectivity index (χ1) is 12.6. The normalized spacial score (nSPS) is 10.3. The predicted molar refractivity (Wildman–Crippen MR) is 94.4 cm³/mol. The van der Waals surface area contributed by atoms with Crippen molar-refractivity contribution in [1.82, 2.24) is 15.1 Å². The summed E-state index contributed by atoms with van der Waals surface area (Å²) in [7, 11) is 1.41. The number of nitro groups is 1. The van der Waals surface area contributed by atoms with E-state index in [4.69, 9.17) is 4.74 Å². The van der Waals surface area contributed by atoms with Crippen LogP contribution in [0.5, 0.6) is 5.75 Å². The van der Waals surface area contributed by atoms with Crippen molar-refractivity contribution in [1.29, 1.82) is 0 Å². The highest BCUT2D eigenvalue weighted by Gasteiger charge is 2.17. The summed E-state index contributed by atoms with van der Waals surface area (Å²) in [6, 6.07) is 13.3. The van der Waals surface area contributed by atoms with Gasteiger partial charge in [-0.1, -0.05) is 12.1 Å². The third-order valence-electron chi connectivity index (χ3n) is 3.80. The number of hydrogen-bond donors (Lipinski definition) is 1. The minimum absolute atomic E-state index is 0.120. The van der Waals surface area contributed by atoms with Crippen LogP contribution in [0.2, 0.25) is 0 Å². The molecule has 1 amide bonds. The zero-order chi connectivity index (χ0) is 18.5. The molecular weight excluding hydrogens is 336 g/mol. The molecule has 0 aliphatic heterocycles. The van der Waals surface area contributed by atoms with E-state index in [9.17, 15) is 14.9 Å². The van der Waals surface area contributed by atoms with Gasteiger partial charge in [-0.3, -0.25) is 14.9 Å². The highest BCUT2D eigenvalue weighted by molar-refractivity contribution is 5.97. The summed E-state index contributed by atoms with van der Waals surface area (Å²) in [5, 5.41) is 17.8. The zero-order valence-electron chi connectivity index (χ0n) is 14.0. The smallest absolute Gasteiger partial charge is 0.270 e. The molecule has 1 N–H and O–H groups in total. The minimum Gasteiger partial charge on any atom is -0.496 e. The molecular formula is C18H16N4O4. The molecule has 0 saturated heterocycles. The number of nitrogens with one attached hydrogen (secondary N) is 1. The van der Waals surface area contributed by atoms with Crippen LogP contribution < -0.4 is 10.1 Å². The number of rotatable bonds is 6. The molecule has 0 atom stereocenters. The number of carbonyl (C=O) groups excluding carboxylic acids is 1. The summed E-state index contributed by atoms with van der Waals surface area (Å²) in [6.07, 6.45) is 3.53. The van der Waals surface area contributed by atoms with Crippen LogP contribution in [0.3, 0.4) is 0 Å². The molecule has 3 aromatic rings. The van der Waals surface area contributed by atoms with Gasteiger partial charge in [0.1, 0.15) is 5.75 Å². The Bertz CT molecular complexity index is 921. The number of non-ortho nitro benzene ring substituents is 1. The van der Waals surface area contributed by atoms with Crippen molar-refractivity contribution in [2.45, 2.75) is 6.54 Å². The van der Waals surface area contributed by atoms with Gasteiger partial charge in [0.25, 0.3) is 11.6 Å². The van der Waals surface area contributed by atoms with E-state index in [-0.39, 0.29) is 23.5 Å². The number of amides is 1. The van der Waals surface area contributed by atoms with Crippen LogP contribution in [-0.2, 0) is 6.54 Å². The molecule has 26 heavy (non-hydrogen) atoms. The first-order valence-corrected chi connectivity index (χ1v) is 7.78. The summed E-state index contributed by atoms with van der Waals surface area (Å²) in [4.78, 5) is 22.8. The average Bonchev–Trinajstić information content (AvgIpc) is 3.20. The van der Waals surface area contributed by atoms with Crippen molar-refractivity contribution in [3.8, 4) is 11.4 Å². The fourth-order valence-corrected chi connectivity index (χ4v) is 2.45. The van der Waals surface area contributed by atoms with Crippen molar-refractivity contribution in [2.24, 2.45) is 0 Å². The first-order valence-electron chi connectivity index (χ1n) is 7.78. The Balaban J connectivity index is 1.70. The topological polar surface area (TPSA) is 99.3 Å². The van der Waals surface area contributed by atoms with Crippen LogP contribution in [-0.4, -0.2) is 27.7 Å². The number of methoxy groups -OCH3 is 1. The Hall–Kier alpha value is -3.68. The highest BCUT2D eigenvalue weighted by atomic mass is 16.6. The molecule has 0 bridgehead atoms. The molecule has 1 aromatic heterocycles. The highest BCUT2D eigenvalue weighted by Crippen LogP contribution is 2.24. The monoisotopic (exact) mass is 352 g/mol. The minimum atomic E-state index is -0.551. The van der Waals surface area contributed by atoms with E-state index < -0.39 is 10.8 Å². The molecule has 1 heterocycles. The van der Waals surface area contributed by atoms with Crippen LogP contribution in [0.25, 0.3) is 5.69 Å². The maximum atomic E-state index is 12.4. The molecule has 0 saturated carbocycles. The van der Waals surface area contributed by atoms with E-state index in [0.717, 1.165) is 11.3 Å². The van der Waals surface area contributed by atoms with E-state index in [2.05, 4.69) is 10.4 Å². The number of ether oxygens (including phenoxy) is 1. The van der Waals surface area contributed by atoms with Gasteiger partial charge in [-0.05, 0) is 29.8 Å². The van der Waals surface area contributed by atoms with Crippen molar-refractivity contribution in [3.05, 3.63) is 82.2 Å². The van der Waals surface area contributed by atoms with Crippen LogP contribution >= 0.6 is 0 Å². The molecule has 8 heteroatoms. The van der Waals surface area contributed by atoms with Crippen LogP contribution in [0.4, 0.5) is 5.69 Å². The van der Waals surface area contributed by atoms with E-state index in [1.54, 1.807) is 10.9 Å². The Morgan fingerprint density at radius 3 is 2.65 bits per heavy atom. The molecule has 3 rings (SSSR count). The maximum Gasteiger partial charge on any atom is 0.270 e. The number of carbonyl (C=O) groups is 1. The van der Waals surface area contributed by atoms with Gasteiger partial charge in [0.05, 0.1) is 23.3 Å². The Labute approximate surface area is 149 Å². The second kappa shape index (κ2) is 7.47. The van der Waals surface area contributed by atoms with E-state index in [1.165, 1.54) is 25.3 Å². The second-order valence-electron chi connectivity index (χ2n) is 5.44. The van der Waals surface area contributed by atoms with E-state index in [1.807, 2.05) is 36.5 Å². The van der Waals surface area contributed by atoms with Gasteiger partial charge in [-0.15, -0.1) is 0 Å². The fourth-order valence-electron chi connectivity index (χ4n) is 2.45. The third-order valence-corrected chi connectivity index (χ3v) is 3.80. The van der Waals surface area contributed by atoms with Crippen LogP contribution in [0, 0.1) is 10.1 Å². The standard InChI is InChI=1S/C18H16N4O4/c1-26-17-8-7-15(22(24)25)11-16(17)18(23)19-12-13-3-5-14(6-4-13)21-10-2-9-20-21/h2-11H,12H2,1H3,(H,19,23). The number of nitrogens with zero attached hydrogens (tertiary/aromatic N) is 3. The third kappa shape index (κ3) is 3.69. The Morgan fingerprint density at radius 2 is 2.04 bits per heavy atom. The van der Waals surface area contributed by atoms with Crippen LogP contribution in [0.1, 0.15) is 15.9 Å². The van der Waals surface area contributed by atoms with Crippen LogP contribution in [0.15, 0.2) is 60.9 Å². The lowest BCUT2D eigenvalue weighted by molar-refractivity contribution is -0.384. The molecule has 2 aromatic carbocycles. The summed E-state index contributed by atoms with van der Waals surface area (Å²) in [6.45, 7) is 0.282. The van der Waals surface area contributed by atoms with Crippen molar-refractivity contribution in [3.63, 3.8) is 0 Å². The van der Waals surface area contributed by atoms with Gasteiger partial charge < -0.3 is 10.1 Å². The number of aromatic nitrogens is 2. The lowest BCUT2D eigenvalue weighted by atomic mass is 10.1. The maximum absolute atomic E-state index is 12.4. The largest absolute Gasteiger partial charge is 0.496 e. The lowest BCUT2D eigenvalue weighted by Crippen LogP contribution is -2.23. The molecule has 0 radical (unpaired) electrons. The molecule has 0 unspecified atom stereocenters.